The SMILES string of the molecule is CN(CCc1cccc(Cl)c1Cl)CC(O)c1cccnc1. The van der Waals surface area contributed by atoms with Crippen molar-refractivity contribution in [3.8, 4) is 0 Å². The first-order valence-corrected chi connectivity index (χ1v) is 7.53. The smallest absolute Gasteiger partial charge is 0.0931 e. The lowest BCUT2D eigenvalue weighted by Crippen LogP contribution is -2.26. The topological polar surface area (TPSA) is 36.4 Å². The maximum Gasteiger partial charge on any atom is 0.0931 e. The van der Waals surface area contributed by atoms with Crippen LogP contribution in [-0.2, 0) is 6.42 Å². The van der Waals surface area contributed by atoms with Crippen molar-refractivity contribution in [2.75, 3.05) is 20.1 Å². The molecule has 0 aliphatic rings. The number of hydrogen-bond donors (Lipinski definition) is 1. The molecule has 0 bridgehead atoms. The van der Waals surface area contributed by atoms with Crippen LogP contribution in [0.5, 0.6) is 0 Å². The molecule has 1 N–H and O–H groups in total. The molecule has 0 saturated carbocycles. The fourth-order valence-corrected chi connectivity index (χ4v) is 2.53. The highest BCUT2D eigenvalue weighted by atomic mass is 35.5. The van der Waals surface area contributed by atoms with E-state index in [1.54, 1.807) is 18.5 Å². The molecule has 1 aromatic carbocycles. The second-order valence-electron chi connectivity index (χ2n) is 5.03. The molecule has 2 rings (SSSR count). The monoisotopic (exact) mass is 324 g/mol. The summed E-state index contributed by atoms with van der Waals surface area (Å²) in [6.45, 7) is 1.33. The van der Waals surface area contributed by atoms with Gasteiger partial charge in [-0.25, -0.2) is 0 Å². The Morgan fingerprint density at radius 3 is 2.76 bits per heavy atom. The first kappa shape index (κ1) is 16.2. The third-order valence-corrected chi connectivity index (χ3v) is 4.21. The van der Waals surface area contributed by atoms with Gasteiger partial charge < -0.3 is 10.0 Å². The summed E-state index contributed by atoms with van der Waals surface area (Å²) in [5.41, 5.74) is 1.84. The summed E-state index contributed by atoms with van der Waals surface area (Å²) in [6.07, 6.45) is 3.63. The quantitative estimate of drug-likeness (QED) is 0.882. The van der Waals surface area contributed by atoms with E-state index in [0.29, 0.717) is 16.6 Å². The molecule has 0 amide bonds. The Balaban J connectivity index is 1.87. The molecule has 0 radical (unpaired) electrons. The number of aromatic nitrogens is 1. The lowest BCUT2D eigenvalue weighted by Gasteiger charge is -2.21. The average molecular weight is 325 g/mol. The molecule has 112 valence electrons. The summed E-state index contributed by atoms with van der Waals surface area (Å²) in [7, 11) is 1.97. The van der Waals surface area contributed by atoms with E-state index in [2.05, 4.69) is 9.88 Å². The number of likely N-dealkylation sites (N-methyl/N-ethyl adjacent to an activating group) is 1. The minimum Gasteiger partial charge on any atom is -0.387 e. The Morgan fingerprint density at radius 1 is 1.24 bits per heavy atom. The van der Waals surface area contributed by atoms with Crippen LogP contribution in [-0.4, -0.2) is 35.1 Å². The Hall–Kier alpha value is -1.13. The number of rotatable bonds is 6. The van der Waals surface area contributed by atoms with Crippen LogP contribution in [0.15, 0.2) is 42.7 Å². The number of nitrogens with zero attached hydrogens (tertiary/aromatic N) is 2. The van der Waals surface area contributed by atoms with Crippen LogP contribution in [0.3, 0.4) is 0 Å². The third kappa shape index (κ3) is 4.68. The molecule has 0 spiro atoms. The minimum absolute atomic E-state index is 0.543. The van der Waals surface area contributed by atoms with Gasteiger partial charge in [-0.15, -0.1) is 0 Å². The highest BCUT2D eigenvalue weighted by molar-refractivity contribution is 6.42. The number of halogens is 2. The Labute approximate surface area is 135 Å². The van der Waals surface area contributed by atoms with Crippen LogP contribution in [0.2, 0.25) is 10.0 Å². The molecule has 1 heterocycles. The molecule has 0 aliphatic heterocycles. The average Bonchev–Trinajstić information content (AvgIpc) is 2.49. The summed E-state index contributed by atoms with van der Waals surface area (Å²) < 4.78 is 0. The first-order valence-electron chi connectivity index (χ1n) is 6.77. The van der Waals surface area contributed by atoms with Crippen LogP contribution < -0.4 is 0 Å². The van der Waals surface area contributed by atoms with E-state index in [1.165, 1.54) is 0 Å². The Bertz CT molecular complexity index is 578. The van der Waals surface area contributed by atoms with E-state index >= 15 is 0 Å². The van der Waals surface area contributed by atoms with Gasteiger partial charge in [0.05, 0.1) is 16.1 Å². The number of aliphatic hydroxyl groups excluding tert-OH is 1. The van der Waals surface area contributed by atoms with Crippen molar-refractivity contribution in [3.05, 3.63) is 63.9 Å². The van der Waals surface area contributed by atoms with Gasteiger partial charge in [0.1, 0.15) is 0 Å². The van der Waals surface area contributed by atoms with Gasteiger partial charge in [-0.1, -0.05) is 41.4 Å². The first-order chi connectivity index (χ1) is 10.1. The summed E-state index contributed by atoms with van der Waals surface area (Å²) in [6, 6.07) is 9.35. The molecule has 0 aliphatic carbocycles. The van der Waals surface area contributed by atoms with Crippen molar-refractivity contribution in [1.29, 1.82) is 0 Å². The van der Waals surface area contributed by atoms with Gasteiger partial charge in [0.25, 0.3) is 0 Å². The zero-order valence-electron chi connectivity index (χ0n) is 11.8. The molecule has 5 heteroatoms. The molecule has 2 aromatic rings. The van der Waals surface area contributed by atoms with Gasteiger partial charge in [-0.2, -0.15) is 0 Å². The van der Waals surface area contributed by atoms with E-state index in [1.807, 2.05) is 31.3 Å². The molecular weight excluding hydrogens is 307 g/mol. The normalized spacial score (nSPS) is 12.6. The largest absolute Gasteiger partial charge is 0.387 e. The minimum atomic E-state index is -0.543. The van der Waals surface area contributed by atoms with E-state index < -0.39 is 6.10 Å². The van der Waals surface area contributed by atoms with Crippen molar-refractivity contribution in [2.45, 2.75) is 12.5 Å². The number of aliphatic hydroxyl groups is 1. The van der Waals surface area contributed by atoms with Crippen molar-refractivity contribution < 1.29 is 5.11 Å². The summed E-state index contributed by atoms with van der Waals surface area (Å²) in [5.74, 6) is 0. The molecular formula is C16H18Cl2N2O. The van der Waals surface area contributed by atoms with Crippen LogP contribution in [0, 0.1) is 0 Å². The third-order valence-electron chi connectivity index (χ3n) is 3.35. The number of pyridine rings is 1. The highest BCUT2D eigenvalue weighted by Crippen LogP contribution is 2.26. The molecule has 0 saturated heterocycles. The molecule has 1 atom stereocenters. The van der Waals surface area contributed by atoms with Crippen LogP contribution in [0.4, 0.5) is 0 Å². The van der Waals surface area contributed by atoms with Crippen molar-refractivity contribution >= 4 is 23.2 Å². The fraction of sp³-hybridized carbons (Fsp3) is 0.312. The molecule has 0 fully saturated rings. The van der Waals surface area contributed by atoms with Crippen molar-refractivity contribution in [1.82, 2.24) is 9.88 Å². The molecule has 21 heavy (non-hydrogen) atoms. The van der Waals surface area contributed by atoms with Gasteiger partial charge in [-0.05, 0) is 31.2 Å². The molecule has 1 unspecified atom stereocenters. The maximum absolute atomic E-state index is 10.2. The maximum atomic E-state index is 10.2. The highest BCUT2D eigenvalue weighted by Gasteiger charge is 2.11. The van der Waals surface area contributed by atoms with Gasteiger partial charge >= 0.3 is 0 Å². The van der Waals surface area contributed by atoms with Crippen molar-refractivity contribution in [3.63, 3.8) is 0 Å². The van der Waals surface area contributed by atoms with Crippen LogP contribution in [0.25, 0.3) is 0 Å². The van der Waals surface area contributed by atoms with Crippen molar-refractivity contribution in [2.24, 2.45) is 0 Å². The van der Waals surface area contributed by atoms with E-state index in [9.17, 15) is 5.11 Å². The predicted molar refractivity (Wildman–Crippen MR) is 86.9 cm³/mol. The predicted octanol–water partition coefficient (Wildman–Crippen LogP) is 3.60. The van der Waals surface area contributed by atoms with Gasteiger partial charge in [0.2, 0.25) is 0 Å². The summed E-state index contributed by atoms with van der Waals surface area (Å²) in [5, 5.41) is 11.3. The number of benzene rings is 1. The zero-order chi connectivity index (χ0) is 15.2. The second kappa shape index (κ2) is 7.76. The van der Waals surface area contributed by atoms with Crippen LogP contribution >= 0.6 is 23.2 Å². The van der Waals surface area contributed by atoms with Crippen LogP contribution in [0.1, 0.15) is 17.2 Å². The lowest BCUT2D eigenvalue weighted by atomic mass is 10.1. The van der Waals surface area contributed by atoms with E-state index in [-0.39, 0.29) is 0 Å². The zero-order valence-corrected chi connectivity index (χ0v) is 13.3. The Kier molecular flexibility index (Phi) is 6.00. The summed E-state index contributed by atoms with van der Waals surface area (Å²) >= 11 is 12.2. The van der Waals surface area contributed by atoms with Gasteiger partial charge in [-0.3, -0.25) is 4.98 Å². The molecule has 1 aromatic heterocycles. The van der Waals surface area contributed by atoms with Gasteiger partial charge in [0.15, 0.2) is 0 Å². The lowest BCUT2D eigenvalue weighted by molar-refractivity contribution is 0.127. The standard InChI is InChI=1S/C16H18Cl2N2O/c1-20(11-15(21)13-5-3-8-19-10-13)9-7-12-4-2-6-14(17)16(12)18/h2-6,8,10,15,21H,7,9,11H2,1H3. The van der Waals surface area contributed by atoms with Gasteiger partial charge in [0, 0.05) is 31.0 Å². The Morgan fingerprint density at radius 2 is 2.05 bits per heavy atom. The fourth-order valence-electron chi connectivity index (χ4n) is 2.12. The van der Waals surface area contributed by atoms with E-state index in [4.69, 9.17) is 23.2 Å². The second-order valence-corrected chi connectivity index (χ2v) is 5.81. The molecule has 3 nitrogen and oxygen atoms in total. The number of hydrogen-bond acceptors (Lipinski definition) is 3. The van der Waals surface area contributed by atoms with E-state index in [0.717, 1.165) is 24.1 Å². The summed E-state index contributed by atoms with van der Waals surface area (Å²) in [4.78, 5) is 6.08.